The Morgan fingerprint density at radius 2 is 2.04 bits per heavy atom. The molecule has 0 radical (unpaired) electrons. The molecular weight excluding hydrogens is 331 g/mol. The molecular formula is C14H12F3N3O2S. The lowest BCUT2D eigenvalue weighted by molar-refractivity contribution is -0.137. The van der Waals surface area contributed by atoms with E-state index in [1.54, 1.807) is 12.3 Å². The van der Waals surface area contributed by atoms with Crippen LogP contribution in [0, 0.1) is 0 Å². The van der Waals surface area contributed by atoms with Crippen LogP contribution in [0.5, 0.6) is 0 Å². The summed E-state index contributed by atoms with van der Waals surface area (Å²) in [6.45, 7) is 2.44. The zero-order chi connectivity index (χ0) is 16.9. The standard InChI is InChI=1S/C13H10F3N3OS.CH2O/c14-13(15,16)8-3-4-10-11(6-8)21-12(18-10)19-17-7-9-2-1-5-20-9;1-2/h1-6,17H,7H2,(H,18,19);1H2. The number of aromatic nitrogens is 1. The summed E-state index contributed by atoms with van der Waals surface area (Å²) in [6, 6.07) is 7.08. The largest absolute Gasteiger partial charge is 0.468 e. The number of carbonyl (C=O) groups excluding carboxylic acids is 1. The molecule has 0 saturated carbocycles. The first-order valence-electron chi connectivity index (χ1n) is 6.30. The highest BCUT2D eigenvalue weighted by Crippen LogP contribution is 2.34. The maximum atomic E-state index is 12.6. The van der Waals surface area contributed by atoms with Crippen LogP contribution in [0.3, 0.4) is 0 Å². The van der Waals surface area contributed by atoms with Crippen LogP contribution in [-0.2, 0) is 17.5 Å². The van der Waals surface area contributed by atoms with E-state index in [1.165, 1.54) is 6.07 Å². The first-order chi connectivity index (χ1) is 11.0. The number of thiazole rings is 1. The van der Waals surface area contributed by atoms with E-state index >= 15 is 0 Å². The molecule has 0 bridgehead atoms. The van der Waals surface area contributed by atoms with Crippen molar-refractivity contribution in [3.05, 3.63) is 47.9 Å². The maximum absolute atomic E-state index is 12.6. The van der Waals surface area contributed by atoms with Crippen LogP contribution in [0.2, 0.25) is 0 Å². The van der Waals surface area contributed by atoms with Gasteiger partial charge in [-0.15, -0.1) is 0 Å². The molecule has 0 saturated heterocycles. The smallest absolute Gasteiger partial charge is 0.416 e. The SMILES string of the molecule is C=O.FC(F)(F)c1ccc2nc(NNCc3ccco3)sc2c1. The molecule has 3 aromatic rings. The number of halogens is 3. The molecule has 9 heteroatoms. The average molecular weight is 343 g/mol. The molecule has 5 nitrogen and oxygen atoms in total. The fourth-order valence-electron chi connectivity index (χ4n) is 1.77. The number of alkyl halides is 3. The molecule has 122 valence electrons. The molecule has 0 amide bonds. The normalized spacial score (nSPS) is 11.1. The highest BCUT2D eigenvalue weighted by Gasteiger charge is 2.30. The molecule has 0 unspecified atom stereocenters. The summed E-state index contributed by atoms with van der Waals surface area (Å²) < 4.78 is 43.5. The molecule has 0 atom stereocenters. The Hall–Kier alpha value is -2.39. The molecule has 0 spiro atoms. The van der Waals surface area contributed by atoms with Crippen molar-refractivity contribution >= 4 is 33.5 Å². The van der Waals surface area contributed by atoms with Crippen LogP contribution in [0.25, 0.3) is 10.2 Å². The van der Waals surface area contributed by atoms with E-state index in [2.05, 4.69) is 15.8 Å². The molecule has 0 aliphatic rings. The lowest BCUT2D eigenvalue weighted by Gasteiger charge is -2.04. The summed E-state index contributed by atoms with van der Waals surface area (Å²) in [6.07, 6.45) is -2.78. The number of nitrogens with one attached hydrogen (secondary N) is 2. The predicted octanol–water partition coefficient (Wildman–Crippen LogP) is 3.84. The second-order valence-electron chi connectivity index (χ2n) is 4.26. The van der Waals surface area contributed by atoms with E-state index in [9.17, 15) is 13.2 Å². The first kappa shape index (κ1) is 17.0. The van der Waals surface area contributed by atoms with E-state index in [1.807, 2.05) is 12.9 Å². The fourth-order valence-corrected chi connectivity index (χ4v) is 2.65. The van der Waals surface area contributed by atoms with Gasteiger partial charge in [0.2, 0.25) is 0 Å². The lowest BCUT2D eigenvalue weighted by Crippen LogP contribution is -2.20. The summed E-state index contributed by atoms with van der Waals surface area (Å²) in [5.41, 5.74) is 5.59. The Kier molecular flexibility index (Phi) is 5.35. The van der Waals surface area contributed by atoms with Crippen molar-refractivity contribution in [1.82, 2.24) is 10.4 Å². The molecule has 23 heavy (non-hydrogen) atoms. The van der Waals surface area contributed by atoms with Crippen LogP contribution in [0.15, 0.2) is 41.0 Å². The van der Waals surface area contributed by atoms with Gasteiger partial charge in [-0.1, -0.05) is 11.3 Å². The third-order valence-corrected chi connectivity index (χ3v) is 3.69. The summed E-state index contributed by atoms with van der Waals surface area (Å²) in [4.78, 5) is 12.2. The van der Waals surface area contributed by atoms with E-state index in [4.69, 9.17) is 9.21 Å². The summed E-state index contributed by atoms with van der Waals surface area (Å²) in [5.74, 6) is 0.739. The molecule has 2 heterocycles. The quantitative estimate of drug-likeness (QED) is 0.705. The molecule has 1 aromatic carbocycles. The lowest BCUT2D eigenvalue weighted by atomic mass is 10.2. The van der Waals surface area contributed by atoms with Gasteiger partial charge >= 0.3 is 6.18 Å². The van der Waals surface area contributed by atoms with Crippen LogP contribution < -0.4 is 10.9 Å². The van der Waals surface area contributed by atoms with Gasteiger partial charge in [-0.2, -0.15) is 13.2 Å². The molecule has 2 aromatic heterocycles. The number of nitrogens with zero attached hydrogens (tertiary/aromatic N) is 1. The third-order valence-electron chi connectivity index (χ3n) is 2.75. The van der Waals surface area contributed by atoms with E-state index in [0.717, 1.165) is 29.2 Å². The second kappa shape index (κ2) is 7.25. The van der Waals surface area contributed by atoms with E-state index in [0.29, 0.717) is 21.9 Å². The van der Waals surface area contributed by atoms with Gasteiger partial charge in [0, 0.05) is 0 Å². The number of furan rings is 1. The molecule has 3 rings (SSSR count). The number of hydrazine groups is 1. The zero-order valence-corrected chi connectivity index (χ0v) is 12.5. The summed E-state index contributed by atoms with van der Waals surface area (Å²) in [5, 5.41) is 0.496. The molecule has 0 aliphatic heterocycles. The Morgan fingerprint density at radius 3 is 2.70 bits per heavy atom. The van der Waals surface area contributed by atoms with Crippen molar-refractivity contribution in [2.24, 2.45) is 0 Å². The van der Waals surface area contributed by atoms with Crippen LogP contribution in [-0.4, -0.2) is 11.8 Å². The number of hydrogen-bond donors (Lipinski definition) is 2. The third kappa shape index (κ3) is 4.30. The highest BCUT2D eigenvalue weighted by molar-refractivity contribution is 7.22. The summed E-state index contributed by atoms with van der Waals surface area (Å²) >= 11 is 1.15. The highest BCUT2D eigenvalue weighted by atomic mass is 32.1. The molecule has 2 N–H and O–H groups in total. The summed E-state index contributed by atoms with van der Waals surface area (Å²) in [7, 11) is 0. The van der Waals surface area contributed by atoms with Crippen LogP contribution in [0.1, 0.15) is 11.3 Å². The molecule has 0 aliphatic carbocycles. The number of benzene rings is 1. The molecule has 0 fully saturated rings. The van der Waals surface area contributed by atoms with Crippen LogP contribution in [0.4, 0.5) is 18.3 Å². The van der Waals surface area contributed by atoms with Gasteiger partial charge in [0.1, 0.15) is 12.5 Å². The monoisotopic (exact) mass is 343 g/mol. The van der Waals surface area contributed by atoms with E-state index in [-0.39, 0.29) is 0 Å². The van der Waals surface area contributed by atoms with Gasteiger partial charge in [-0.25, -0.2) is 10.4 Å². The Bertz CT molecular complexity index is 756. The minimum Gasteiger partial charge on any atom is -0.468 e. The van der Waals surface area contributed by atoms with Gasteiger partial charge in [0.25, 0.3) is 0 Å². The van der Waals surface area contributed by atoms with Gasteiger partial charge in [-0.3, -0.25) is 5.43 Å². The van der Waals surface area contributed by atoms with Crippen molar-refractivity contribution in [3.8, 4) is 0 Å². The predicted molar refractivity (Wildman–Crippen MR) is 80.9 cm³/mol. The minimum atomic E-state index is -4.34. The van der Waals surface area contributed by atoms with Gasteiger partial charge in [-0.05, 0) is 30.3 Å². The fraction of sp³-hybridized carbons (Fsp3) is 0.143. The number of carbonyl (C=O) groups is 1. The van der Waals surface area contributed by atoms with Gasteiger partial charge < -0.3 is 9.21 Å². The maximum Gasteiger partial charge on any atom is 0.416 e. The van der Waals surface area contributed by atoms with Gasteiger partial charge in [0.15, 0.2) is 5.13 Å². The number of rotatable bonds is 4. The first-order valence-corrected chi connectivity index (χ1v) is 7.12. The number of fused-ring (bicyclic) bond motifs is 1. The topological polar surface area (TPSA) is 67.2 Å². The Morgan fingerprint density at radius 1 is 1.26 bits per heavy atom. The van der Waals surface area contributed by atoms with Crippen molar-refractivity contribution in [1.29, 1.82) is 0 Å². The Balaban J connectivity index is 0.000000924. The van der Waals surface area contributed by atoms with Crippen molar-refractivity contribution in [3.63, 3.8) is 0 Å². The number of anilines is 1. The zero-order valence-electron chi connectivity index (χ0n) is 11.7. The van der Waals surface area contributed by atoms with Crippen molar-refractivity contribution < 1.29 is 22.4 Å². The van der Waals surface area contributed by atoms with Crippen molar-refractivity contribution in [2.45, 2.75) is 12.7 Å². The average Bonchev–Trinajstić information content (AvgIpc) is 3.16. The van der Waals surface area contributed by atoms with Crippen LogP contribution >= 0.6 is 11.3 Å². The van der Waals surface area contributed by atoms with E-state index < -0.39 is 11.7 Å². The Labute approximate surface area is 133 Å². The van der Waals surface area contributed by atoms with Gasteiger partial charge in [0.05, 0.1) is 28.6 Å². The second-order valence-corrected chi connectivity index (χ2v) is 5.29. The minimum absolute atomic E-state index is 0.441. The van der Waals surface area contributed by atoms with Crippen molar-refractivity contribution in [2.75, 3.05) is 5.43 Å². The number of hydrogen-bond acceptors (Lipinski definition) is 6.